The maximum Gasteiger partial charge on any atom is 0.412 e. The first kappa shape index (κ1) is 23.5. The molecule has 6 heteroatoms. The summed E-state index contributed by atoms with van der Waals surface area (Å²) >= 11 is 0. The van der Waals surface area contributed by atoms with Crippen LogP contribution >= 0.6 is 0 Å². The number of rotatable bonds is 4. The zero-order chi connectivity index (χ0) is 24.3. The summed E-state index contributed by atoms with van der Waals surface area (Å²) in [6.07, 6.45) is 5.39. The summed E-state index contributed by atoms with van der Waals surface area (Å²) in [7, 11) is 0. The lowest BCUT2D eigenvalue weighted by Gasteiger charge is -2.53. The molecule has 1 unspecified atom stereocenters. The zero-order valence-corrected chi connectivity index (χ0v) is 19.9. The van der Waals surface area contributed by atoms with Crippen molar-refractivity contribution in [3.63, 3.8) is 0 Å². The van der Waals surface area contributed by atoms with Gasteiger partial charge in [-0.2, -0.15) is 13.2 Å². The van der Waals surface area contributed by atoms with Crippen LogP contribution in [0.4, 0.5) is 13.2 Å². The molecule has 34 heavy (non-hydrogen) atoms. The highest BCUT2D eigenvalue weighted by molar-refractivity contribution is 6.00. The Labute approximate surface area is 198 Å². The number of nitrogens with zero attached hydrogens (tertiary/aromatic N) is 1. The molecule has 3 nitrogen and oxygen atoms in total. The quantitative estimate of drug-likeness (QED) is 0.443. The number of halogens is 3. The van der Waals surface area contributed by atoms with Crippen LogP contribution in [-0.4, -0.2) is 23.2 Å². The molecule has 0 saturated heterocycles. The topological polar surface area (TPSA) is 47.0 Å². The van der Waals surface area contributed by atoms with E-state index in [0.29, 0.717) is 43.5 Å². The fraction of sp³-hybridized carbons (Fsp3) is 0.607. The second kappa shape index (κ2) is 8.46. The van der Waals surface area contributed by atoms with Crippen molar-refractivity contribution < 1.29 is 22.8 Å². The molecule has 1 aromatic heterocycles. The highest BCUT2D eigenvalue weighted by Gasteiger charge is 2.54. The molecule has 0 N–H and O–H groups in total. The van der Waals surface area contributed by atoms with Gasteiger partial charge >= 0.3 is 6.18 Å². The van der Waals surface area contributed by atoms with Gasteiger partial charge in [-0.1, -0.05) is 38.8 Å². The van der Waals surface area contributed by atoms with E-state index in [1.165, 1.54) is 24.5 Å². The number of pyridine rings is 1. The standard InChI is InChI=1S/C28H32F3NO2/c1-16(2)23-11-22(17-5-3-4-6-17)26-24(32-23)9-18(10-25(26)34)19-12-27(13-19)14-20(28(29,30)31)7-8-21(27)15-33/h7-8,11,15-19H,3-6,9-10,12-14H2,1-2H3. The fourth-order valence-corrected chi connectivity index (χ4v) is 6.87. The molecule has 2 fully saturated rings. The number of fused-ring (bicyclic) bond motifs is 1. The number of ketones is 1. The number of alkyl halides is 3. The molecule has 1 spiro atoms. The van der Waals surface area contributed by atoms with E-state index in [4.69, 9.17) is 4.98 Å². The number of allylic oxidation sites excluding steroid dienone is 4. The van der Waals surface area contributed by atoms with E-state index in [1.54, 1.807) is 0 Å². The summed E-state index contributed by atoms with van der Waals surface area (Å²) in [5, 5.41) is 0. The summed E-state index contributed by atoms with van der Waals surface area (Å²) in [4.78, 5) is 30.0. The van der Waals surface area contributed by atoms with Crippen LogP contribution in [0.15, 0.2) is 29.4 Å². The van der Waals surface area contributed by atoms with Crippen LogP contribution in [0, 0.1) is 17.3 Å². The van der Waals surface area contributed by atoms with Gasteiger partial charge in [0.2, 0.25) is 0 Å². The van der Waals surface area contributed by atoms with Crippen molar-refractivity contribution in [1.82, 2.24) is 4.98 Å². The Kier molecular flexibility index (Phi) is 5.84. The van der Waals surface area contributed by atoms with Gasteiger partial charge in [0.1, 0.15) is 6.29 Å². The molecular weight excluding hydrogens is 439 g/mol. The van der Waals surface area contributed by atoms with E-state index in [9.17, 15) is 22.8 Å². The number of aromatic nitrogens is 1. The molecule has 1 aromatic rings. The maximum atomic E-state index is 13.4. The van der Waals surface area contributed by atoms with Crippen molar-refractivity contribution in [3.05, 3.63) is 51.9 Å². The molecule has 0 aromatic carbocycles. The van der Waals surface area contributed by atoms with E-state index in [0.717, 1.165) is 35.9 Å². The number of carbonyl (C=O) groups excluding carboxylic acids is 2. The summed E-state index contributed by atoms with van der Waals surface area (Å²) in [6, 6.07) is 2.16. The predicted octanol–water partition coefficient (Wildman–Crippen LogP) is 7.02. The molecule has 5 rings (SSSR count). The summed E-state index contributed by atoms with van der Waals surface area (Å²) in [5.74, 6) is 1.04. The van der Waals surface area contributed by atoms with Gasteiger partial charge in [0.15, 0.2) is 5.78 Å². The molecule has 0 bridgehead atoms. The van der Waals surface area contributed by atoms with Gasteiger partial charge in [-0.15, -0.1) is 0 Å². The number of hydrogen-bond acceptors (Lipinski definition) is 3. The minimum atomic E-state index is -4.38. The smallest absolute Gasteiger partial charge is 0.298 e. The molecule has 1 heterocycles. The normalized spacial score (nSPS) is 29.6. The van der Waals surface area contributed by atoms with Crippen molar-refractivity contribution in [2.45, 2.75) is 89.6 Å². The predicted molar refractivity (Wildman–Crippen MR) is 124 cm³/mol. The van der Waals surface area contributed by atoms with E-state index in [2.05, 4.69) is 19.9 Å². The number of hydrogen-bond donors (Lipinski definition) is 0. The van der Waals surface area contributed by atoms with Crippen LogP contribution in [0.5, 0.6) is 0 Å². The molecule has 182 valence electrons. The zero-order valence-electron chi connectivity index (χ0n) is 19.9. The first-order valence-corrected chi connectivity index (χ1v) is 12.6. The third-order valence-electron chi connectivity index (χ3n) is 8.78. The Bertz CT molecular complexity index is 1070. The van der Waals surface area contributed by atoms with Gasteiger partial charge in [0, 0.05) is 28.7 Å². The first-order chi connectivity index (χ1) is 16.1. The Morgan fingerprint density at radius 3 is 2.41 bits per heavy atom. The summed E-state index contributed by atoms with van der Waals surface area (Å²) in [5.41, 5.74) is 3.08. The molecule has 1 atom stereocenters. The lowest BCUT2D eigenvalue weighted by atomic mass is 9.51. The average molecular weight is 472 g/mol. The van der Waals surface area contributed by atoms with Crippen LogP contribution in [0.2, 0.25) is 0 Å². The van der Waals surface area contributed by atoms with E-state index in [-0.39, 0.29) is 30.0 Å². The molecule has 0 radical (unpaired) electrons. The highest BCUT2D eigenvalue weighted by Crippen LogP contribution is 2.60. The van der Waals surface area contributed by atoms with Crippen LogP contribution in [-0.2, 0) is 11.2 Å². The fourth-order valence-electron chi connectivity index (χ4n) is 6.87. The van der Waals surface area contributed by atoms with Crippen LogP contribution in [0.3, 0.4) is 0 Å². The SMILES string of the molecule is CC(C)c1cc(C2CCCC2)c2c(n1)CC(C1CC3(CC(C(F)(F)F)=CC=C3C=O)C1)CC2=O. The lowest BCUT2D eigenvalue weighted by molar-refractivity contribution is -0.111. The van der Waals surface area contributed by atoms with Gasteiger partial charge in [-0.25, -0.2) is 0 Å². The largest absolute Gasteiger partial charge is 0.412 e. The summed E-state index contributed by atoms with van der Waals surface area (Å²) in [6.45, 7) is 4.24. The van der Waals surface area contributed by atoms with Crippen molar-refractivity contribution >= 4 is 12.1 Å². The van der Waals surface area contributed by atoms with E-state index in [1.807, 2.05) is 0 Å². The molecule has 0 amide bonds. The van der Waals surface area contributed by atoms with Crippen molar-refractivity contribution in [2.75, 3.05) is 0 Å². The first-order valence-electron chi connectivity index (χ1n) is 12.6. The van der Waals surface area contributed by atoms with Gasteiger partial charge in [0.05, 0.1) is 5.69 Å². The Balaban J connectivity index is 1.39. The second-order valence-electron chi connectivity index (χ2n) is 11.2. The number of carbonyl (C=O) groups is 2. The van der Waals surface area contributed by atoms with Gasteiger partial charge in [0.25, 0.3) is 0 Å². The monoisotopic (exact) mass is 471 g/mol. The van der Waals surface area contributed by atoms with Crippen molar-refractivity contribution in [1.29, 1.82) is 0 Å². The second-order valence-corrected chi connectivity index (χ2v) is 11.2. The third kappa shape index (κ3) is 3.97. The third-order valence-corrected chi connectivity index (χ3v) is 8.78. The molecule has 0 aliphatic heterocycles. The van der Waals surface area contributed by atoms with Gasteiger partial charge < -0.3 is 0 Å². The molecule has 4 aliphatic carbocycles. The van der Waals surface area contributed by atoms with Crippen LogP contribution in [0.25, 0.3) is 0 Å². The van der Waals surface area contributed by atoms with Crippen molar-refractivity contribution in [2.24, 2.45) is 17.3 Å². The van der Waals surface area contributed by atoms with Crippen LogP contribution in [0.1, 0.15) is 104 Å². The maximum absolute atomic E-state index is 13.4. The van der Waals surface area contributed by atoms with Crippen molar-refractivity contribution in [3.8, 4) is 0 Å². The van der Waals surface area contributed by atoms with Gasteiger partial charge in [-0.05, 0) is 79.4 Å². The Morgan fingerprint density at radius 1 is 1.09 bits per heavy atom. The average Bonchev–Trinajstić information content (AvgIpc) is 3.30. The number of Topliss-reactive ketones (excluding diaryl/α,β-unsaturated/α-hetero) is 1. The summed E-state index contributed by atoms with van der Waals surface area (Å²) < 4.78 is 40.1. The molecule has 2 saturated carbocycles. The minimum Gasteiger partial charge on any atom is -0.298 e. The van der Waals surface area contributed by atoms with E-state index < -0.39 is 17.2 Å². The Morgan fingerprint density at radius 2 is 1.79 bits per heavy atom. The molecule has 4 aliphatic rings. The Hall–Kier alpha value is -2.24. The van der Waals surface area contributed by atoms with Gasteiger partial charge in [-0.3, -0.25) is 14.6 Å². The van der Waals surface area contributed by atoms with E-state index >= 15 is 0 Å². The lowest BCUT2D eigenvalue weighted by Crippen LogP contribution is -2.46. The number of aldehydes is 1. The molecular formula is C28H32F3NO2. The minimum absolute atomic E-state index is 0.0742. The highest BCUT2D eigenvalue weighted by atomic mass is 19.4. The van der Waals surface area contributed by atoms with Crippen LogP contribution < -0.4 is 0 Å².